The Kier molecular flexibility index (Phi) is 5.16. The molecule has 0 saturated heterocycles. The maximum atomic E-state index is 12.2. The highest BCUT2D eigenvalue weighted by molar-refractivity contribution is 6.32. The lowest BCUT2D eigenvalue weighted by Gasteiger charge is -2.11. The first-order valence-electron chi connectivity index (χ1n) is 6.20. The zero-order valence-electron chi connectivity index (χ0n) is 11.5. The number of methoxy groups -OCH3 is 1. The molecule has 2 aromatic rings. The predicted molar refractivity (Wildman–Crippen MR) is 79.0 cm³/mol. The first kappa shape index (κ1) is 16.0. The smallest absolute Gasteiger partial charge is 0.387 e. The maximum absolute atomic E-state index is 12.2. The maximum Gasteiger partial charge on any atom is 0.387 e. The molecule has 0 heterocycles. The molecule has 0 radical (unpaired) electrons. The van der Waals surface area contributed by atoms with Gasteiger partial charge in [0.15, 0.2) is 0 Å². The molecule has 0 fully saturated rings. The number of hydrogen-bond donors (Lipinski definition) is 1. The summed E-state index contributed by atoms with van der Waals surface area (Å²) in [4.78, 5) is 12.2. The Hall–Kier alpha value is -2.34. The second-order valence-corrected chi connectivity index (χ2v) is 4.59. The quantitative estimate of drug-likeness (QED) is 0.895. The summed E-state index contributed by atoms with van der Waals surface area (Å²) >= 11 is 5.83. The van der Waals surface area contributed by atoms with Crippen LogP contribution < -0.4 is 14.8 Å². The Labute approximate surface area is 130 Å². The normalized spacial score (nSPS) is 10.4. The lowest BCUT2D eigenvalue weighted by atomic mass is 10.2. The highest BCUT2D eigenvalue weighted by Gasteiger charge is 2.13. The van der Waals surface area contributed by atoms with Crippen molar-refractivity contribution in [1.82, 2.24) is 0 Å². The molecule has 0 aromatic heterocycles. The fourth-order valence-electron chi connectivity index (χ4n) is 1.80. The highest BCUT2D eigenvalue weighted by Crippen LogP contribution is 2.29. The number of rotatable bonds is 5. The average molecular weight is 328 g/mol. The van der Waals surface area contributed by atoms with Gasteiger partial charge in [-0.25, -0.2) is 0 Å². The molecule has 0 saturated carbocycles. The number of halogens is 3. The number of benzene rings is 2. The van der Waals surface area contributed by atoms with Gasteiger partial charge in [-0.05, 0) is 30.3 Å². The average Bonchev–Trinajstić information content (AvgIpc) is 2.49. The van der Waals surface area contributed by atoms with Gasteiger partial charge in [0.25, 0.3) is 5.91 Å². The molecule has 1 amide bonds. The Balaban J connectivity index is 2.17. The largest absolute Gasteiger partial charge is 0.496 e. The Bertz CT molecular complexity index is 680. The minimum atomic E-state index is -2.97. The van der Waals surface area contributed by atoms with E-state index in [9.17, 15) is 13.6 Å². The molecule has 116 valence electrons. The second-order valence-electron chi connectivity index (χ2n) is 4.18. The minimum absolute atomic E-state index is 0.0295. The van der Waals surface area contributed by atoms with Gasteiger partial charge >= 0.3 is 6.61 Å². The van der Waals surface area contributed by atoms with Crippen LogP contribution in [0.3, 0.4) is 0 Å². The molecule has 22 heavy (non-hydrogen) atoms. The summed E-state index contributed by atoms with van der Waals surface area (Å²) in [5.74, 6) is -0.147. The zero-order valence-corrected chi connectivity index (χ0v) is 12.2. The van der Waals surface area contributed by atoms with Crippen molar-refractivity contribution in [2.75, 3.05) is 12.4 Å². The molecule has 1 N–H and O–H groups in total. The molecule has 0 atom stereocenters. The third-order valence-corrected chi connectivity index (χ3v) is 3.05. The molecular weight excluding hydrogens is 316 g/mol. The number of anilines is 1. The van der Waals surface area contributed by atoms with Crippen molar-refractivity contribution >= 4 is 23.2 Å². The zero-order chi connectivity index (χ0) is 16.1. The number of amides is 1. The van der Waals surface area contributed by atoms with Crippen LogP contribution in [0, 0.1) is 0 Å². The Morgan fingerprint density at radius 3 is 2.55 bits per heavy atom. The van der Waals surface area contributed by atoms with Gasteiger partial charge in [-0.2, -0.15) is 8.78 Å². The van der Waals surface area contributed by atoms with Crippen molar-refractivity contribution in [3.8, 4) is 11.5 Å². The van der Waals surface area contributed by atoms with Crippen LogP contribution in [-0.4, -0.2) is 19.6 Å². The van der Waals surface area contributed by atoms with Crippen molar-refractivity contribution in [3.05, 3.63) is 53.1 Å². The third-order valence-electron chi connectivity index (χ3n) is 2.76. The van der Waals surface area contributed by atoms with Crippen molar-refractivity contribution in [2.45, 2.75) is 6.61 Å². The molecule has 2 rings (SSSR count). The standard InChI is InChI=1S/C15H12ClF2NO3/c1-21-12-5-3-2-4-10(12)14(20)19-9-6-7-13(11(16)8-9)22-15(17)18/h2-8,15H,1H3,(H,19,20). The predicted octanol–water partition coefficient (Wildman–Crippen LogP) is 4.20. The van der Waals surface area contributed by atoms with Crippen molar-refractivity contribution in [2.24, 2.45) is 0 Å². The lowest BCUT2D eigenvalue weighted by molar-refractivity contribution is -0.0497. The molecule has 0 aliphatic rings. The van der Waals surface area contributed by atoms with E-state index in [0.29, 0.717) is 17.0 Å². The molecule has 0 aliphatic heterocycles. The lowest BCUT2D eigenvalue weighted by Crippen LogP contribution is -2.13. The SMILES string of the molecule is COc1ccccc1C(=O)Nc1ccc(OC(F)F)c(Cl)c1. The highest BCUT2D eigenvalue weighted by atomic mass is 35.5. The summed E-state index contributed by atoms with van der Waals surface area (Å²) in [7, 11) is 1.46. The second kappa shape index (κ2) is 7.09. The summed E-state index contributed by atoms with van der Waals surface area (Å²) in [6.07, 6.45) is 0. The van der Waals surface area contributed by atoms with E-state index in [1.165, 1.54) is 25.3 Å². The summed E-state index contributed by atoms with van der Waals surface area (Å²) in [5.41, 5.74) is 0.691. The van der Waals surface area contributed by atoms with E-state index < -0.39 is 12.5 Å². The van der Waals surface area contributed by atoms with Gasteiger partial charge in [0.05, 0.1) is 17.7 Å². The van der Waals surface area contributed by atoms with Gasteiger partial charge in [-0.1, -0.05) is 23.7 Å². The summed E-state index contributed by atoms with van der Waals surface area (Å²) < 4.78 is 33.6. The van der Waals surface area contributed by atoms with Gasteiger partial charge in [0.2, 0.25) is 0 Å². The van der Waals surface area contributed by atoms with Crippen molar-refractivity contribution in [3.63, 3.8) is 0 Å². The molecule has 4 nitrogen and oxygen atoms in total. The summed E-state index contributed by atoms with van der Waals surface area (Å²) in [5, 5.41) is 2.58. The number of carbonyl (C=O) groups excluding carboxylic acids is 1. The fourth-order valence-corrected chi connectivity index (χ4v) is 2.03. The Morgan fingerprint density at radius 1 is 1.18 bits per heavy atom. The van der Waals surface area contributed by atoms with Crippen LogP contribution in [0.5, 0.6) is 11.5 Å². The first-order valence-corrected chi connectivity index (χ1v) is 6.58. The topological polar surface area (TPSA) is 47.6 Å². The number of carbonyl (C=O) groups is 1. The molecule has 0 spiro atoms. The molecular formula is C15H12ClF2NO3. The molecule has 0 unspecified atom stereocenters. The summed E-state index contributed by atoms with van der Waals surface area (Å²) in [6, 6.07) is 10.7. The van der Waals surface area contributed by atoms with Crippen LogP contribution in [0.25, 0.3) is 0 Å². The molecule has 7 heteroatoms. The summed E-state index contributed by atoms with van der Waals surface area (Å²) in [6.45, 7) is -2.97. The van der Waals surface area contributed by atoms with E-state index in [2.05, 4.69) is 10.1 Å². The van der Waals surface area contributed by atoms with Crippen LogP contribution in [-0.2, 0) is 0 Å². The third kappa shape index (κ3) is 3.85. The molecule has 2 aromatic carbocycles. The number of nitrogens with one attached hydrogen (secondary N) is 1. The van der Waals surface area contributed by atoms with Gasteiger partial charge in [-0.15, -0.1) is 0 Å². The fraction of sp³-hybridized carbons (Fsp3) is 0.133. The van der Waals surface area contributed by atoms with Gasteiger partial charge in [-0.3, -0.25) is 4.79 Å². The van der Waals surface area contributed by atoms with E-state index >= 15 is 0 Å². The van der Waals surface area contributed by atoms with Crippen LogP contribution in [0.1, 0.15) is 10.4 Å². The monoisotopic (exact) mass is 327 g/mol. The number of ether oxygens (including phenoxy) is 2. The van der Waals surface area contributed by atoms with E-state index in [1.807, 2.05) is 0 Å². The van der Waals surface area contributed by atoms with Gasteiger partial charge < -0.3 is 14.8 Å². The molecule has 0 bridgehead atoms. The number of hydrogen-bond acceptors (Lipinski definition) is 3. The minimum Gasteiger partial charge on any atom is -0.496 e. The van der Waals surface area contributed by atoms with E-state index in [4.69, 9.17) is 16.3 Å². The van der Waals surface area contributed by atoms with E-state index in [-0.39, 0.29) is 10.8 Å². The van der Waals surface area contributed by atoms with E-state index in [1.54, 1.807) is 24.3 Å². The van der Waals surface area contributed by atoms with Crippen LogP contribution in [0.2, 0.25) is 5.02 Å². The van der Waals surface area contributed by atoms with Crippen LogP contribution in [0.4, 0.5) is 14.5 Å². The van der Waals surface area contributed by atoms with Crippen LogP contribution >= 0.6 is 11.6 Å². The van der Waals surface area contributed by atoms with Crippen molar-refractivity contribution < 1.29 is 23.0 Å². The van der Waals surface area contributed by atoms with E-state index in [0.717, 1.165) is 0 Å². The van der Waals surface area contributed by atoms with Gasteiger partial charge in [0, 0.05) is 5.69 Å². The van der Waals surface area contributed by atoms with Crippen molar-refractivity contribution in [1.29, 1.82) is 0 Å². The number of para-hydroxylation sites is 1. The molecule has 0 aliphatic carbocycles. The van der Waals surface area contributed by atoms with Gasteiger partial charge in [0.1, 0.15) is 11.5 Å². The van der Waals surface area contributed by atoms with Crippen LogP contribution in [0.15, 0.2) is 42.5 Å². The Morgan fingerprint density at radius 2 is 1.91 bits per heavy atom. The first-order chi connectivity index (χ1) is 10.5. The number of alkyl halides is 2.